The summed E-state index contributed by atoms with van der Waals surface area (Å²) in [6, 6.07) is 6.31. The average Bonchev–Trinajstić information content (AvgIpc) is 2.61. The molecular weight excluding hydrogens is 320 g/mol. The third-order valence-corrected chi connectivity index (χ3v) is 4.21. The van der Waals surface area contributed by atoms with E-state index in [-0.39, 0.29) is 16.4 Å². The summed E-state index contributed by atoms with van der Waals surface area (Å²) in [7, 11) is -2.05. The van der Waals surface area contributed by atoms with Crippen molar-refractivity contribution in [1.29, 1.82) is 0 Å². The number of benzene rings is 1. The van der Waals surface area contributed by atoms with Crippen molar-refractivity contribution in [2.45, 2.75) is 4.90 Å². The summed E-state index contributed by atoms with van der Waals surface area (Å²) < 4.78 is 28.8. The second kappa shape index (κ2) is 4.62. The molecule has 18 heavy (non-hydrogen) atoms. The number of anilines is 2. The number of rotatable bonds is 3. The van der Waals surface area contributed by atoms with E-state index >= 15 is 0 Å². The van der Waals surface area contributed by atoms with Gasteiger partial charge in [0.25, 0.3) is 10.0 Å². The lowest BCUT2D eigenvalue weighted by atomic mass is 10.4. The van der Waals surface area contributed by atoms with Crippen molar-refractivity contribution in [2.24, 2.45) is 7.05 Å². The molecular formula is C10H11BrN4O2S. The Morgan fingerprint density at radius 3 is 2.44 bits per heavy atom. The summed E-state index contributed by atoms with van der Waals surface area (Å²) >= 11 is 3.25. The van der Waals surface area contributed by atoms with Crippen LogP contribution in [0.3, 0.4) is 0 Å². The standard InChI is InChI=1S/C10H11BrN4O2S/c1-15-10(9(12)6-13-15)14-18(16,17)8-4-2-7(11)3-5-8/h2-6,14H,12H2,1H3. The van der Waals surface area contributed by atoms with Gasteiger partial charge in [0.2, 0.25) is 0 Å². The molecule has 0 aliphatic heterocycles. The summed E-state index contributed by atoms with van der Waals surface area (Å²) in [6.45, 7) is 0. The van der Waals surface area contributed by atoms with Crippen molar-refractivity contribution < 1.29 is 8.42 Å². The molecule has 0 atom stereocenters. The molecule has 0 saturated carbocycles. The van der Waals surface area contributed by atoms with Crippen LogP contribution in [0.5, 0.6) is 0 Å². The van der Waals surface area contributed by atoms with Crippen LogP contribution in [-0.2, 0) is 17.1 Å². The number of nitrogens with one attached hydrogen (secondary N) is 1. The zero-order valence-electron chi connectivity index (χ0n) is 9.46. The molecule has 1 aromatic carbocycles. The molecule has 1 heterocycles. The summed E-state index contributed by atoms with van der Waals surface area (Å²) in [5.41, 5.74) is 5.91. The van der Waals surface area contributed by atoms with Gasteiger partial charge in [0, 0.05) is 11.5 Å². The maximum atomic E-state index is 12.1. The Morgan fingerprint density at radius 2 is 1.94 bits per heavy atom. The molecule has 0 aliphatic carbocycles. The normalized spacial score (nSPS) is 11.4. The maximum absolute atomic E-state index is 12.1. The van der Waals surface area contributed by atoms with Crippen LogP contribution in [0.1, 0.15) is 0 Å². The lowest BCUT2D eigenvalue weighted by molar-refractivity contribution is 0.600. The van der Waals surface area contributed by atoms with Gasteiger partial charge in [-0.2, -0.15) is 5.10 Å². The van der Waals surface area contributed by atoms with Gasteiger partial charge in [-0.05, 0) is 24.3 Å². The highest BCUT2D eigenvalue weighted by Crippen LogP contribution is 2.21. The molecule has 2 aromatic rings. The molecule has 3 N–H and O–H groups in total. The van der Waals surface area contributed by atoms with E-state index < -0.39 is 10.0 Å². The zero-order chi connectivity index (χ0) is 13.3. The molecule has 96 valence electrons. The van der Waals surface area contributed by atoms with Crippen molar-refractivity contribution in [3.63, 3.8) is 0 Å². The van der Waals surface area contributed by atoms with Crippen LogP contribution in [0.2, 0.25) is 0 Å². The van der Waals surface area contributed by atoms with Crippen LogP contribution in [0.15, 0.2) is 39.8 Å². The Morgan fingerprint density at radius 1 is 1.33 bits per heavy atom. The largest absolute Gasteiger partial charge is 0.394 e. The summed E-state index contributed by atoms with van der Waals surface area (Å²) in [5, 5.41) is 3.87. The fourth-order valence-electron chi connectivity index (χ4n) is 1.38. The molecule has 0 bridgehead atoms. The predicted molar refractivity (Wildman–Crippen MR) is 72.6 cm³/mol. The van der Waals surface area contributed by atoms with E-state index in [1.165, 1.54) is 23.0 Å². The van der Waals surface area contributed by atoms with E-state index in [0.717, 1.165) is 4.47 Å². The first-order valence-electron chi connectivity index (χ1n) is 4.96. The number of nitrogens with zero attached hydrogens (tertiary/aromatic N) is 2. The Balaban J connectivity index is 2.36. The van der Waals surface area contributed by atoms with Crippen LogP contribution in [0.4, 0.5) is 11.5 Å². The Kier molecular flexibility index (Phi) is 3.31. The molecule has 0 radical (unpaired) electrons. The summed E-state index contributed by atoms with van der Waals surface area (Å²) in [4.78, 5) is 0.159. The van der Waals surface area contributed by atoms with E-state index in [1.807, 2.05) is 0 Å². The number of sulfonamides is 1. The lowest BCUT2D eigenvalue weighted by Gasteiger charge is -2.09. The highest BCUT2D eigenvalue weighted by molar-refractivity contribution is 9.10. The minimum absolute atomic E-state index is 0.159. The summed E-state index contributed by atoms with van der Waals surface area (Å²) in [6.07, 6.45) is 1.39. The molecule has 0 aliphatic rings. The highest BCUT2D eigenvalue weighted by atomic mass is 79.9. The van der Waals surface area contributed by atoms with Crippen LogP contribution in [0, 0.1) is 0 Å². The van der Waals surface area contributed by atoms with Crippen LogP contribution in [0.25, 0.3) is 0 Å². The van der Waals surface area contributed by atoms with Crippen LogP contribution in [-0.4, -0.2) is 18.2 Å². The second-order valence-electron chi connectivity index (χ2n) is 3.63. The molecule has 0 spiro atoms. The van der Waals surface area contributed by atoms with Gasteiger partial charge in [0.15, 0.2) is 5.82 Å². The van der Waals surface area contributed by atoms with Gasteiger partial charge in [0.1, 0.15) is 0 Å². The first-order valence-corrected chi connectivity index (χ1v) is 7.23. The maximum Gasteiger partial charge on any atom is 0.263 e. The zero-order valence-corrected chi connectivity index (χ0v) is 11.9. The number of aryl methyl sites for hydroxylation is 1. The smallest absolute Gasteiger partial charge is 0.263 e. The van der Waals surface area contributed by atoms with E-state index in [4.69, 9.17) is 5.73 Å². The number of hydrogen-bond donors (Lipinski definition) is 2. The first kappa shape index (κ1) is 12.9. The van der Waals surface area contributed by atoms with Crippen molar-refractivity contribution in [3.8, 4) is 0 Å². The van der Waals surface area contributed by atoms with Gasteiger partial charge < -0.3 is 5.73 Å². The SMILES string of the molecule is Cn1ncc(N)c1NS(=O)(=O)c1ccc(Br)cc1. The number of nitrogens with two attached hydrogens (primary N) is 1. The number of halogens is 1. The average molecular weight is 331 g/mol. The minimum atomic E-state index is -3.66. The number of hydrogen-bond acceptors (Lipinski definition) is 4. The van der Waals surface area contributed by atoms with Crippen LogP contribution < -0.4 is 10.5 Å². The summed E-state index contributed by atoms with van der Waals surface area (Å²) in [5.74, 6) is 0.248. The molecule has 0 saturated heterocycles. The lowest BCUT2D eigenvalue weighted by Crippen LogP contribution is -2.16. The quantitative estimate of drug-likeness (QED) is 0.893. The topological polar surface area (TPSA) is 90.0 Å². The fourth-order valence-corrected chi connectivity index (χ4v) is 2.76. The van der Waals surface area contributed by atoms with Gasteiger partial charge in [-0.25, -0.2) is 8.42 Å². The predicted octanol–water partition coefficient (Wildman–Crippen LogP) is 1.57. The number of nitrogen functional groups attached to an aromatic ring is 1. The highest BCUT2D eigenvalue weighted by Gasteiger charge is 2.17. The van der Waals surface area contributed by atoms with E-state index in [2.05, 4.69) is 25.8 Å². The third kappa shape index (κ3) is 2.49. The first-order chi connectivity index (χ1) is 8.40. The molecule has 2 rings (SSSR count). The monoisotopic (exact) mass is 330 g/mol. The van der Waals surface area contributed by atoms with Crippen LogP contribution >= 0.6 is 15.9 Å². The Hall–Kier alpha value is -1.54. The Bertz CT molecular complexity index is 644. The molecule has 0 amide bonds. The van der Waals surface area contributed by atoms with Crippen molar-refractivity contribution >= 4 is 37.5 Å². The van der Waals surface area contributed by atoms with Gasteiger partial charge >= 0.3 is 0 Å². The van der Waals surface area contributed by atoms with E-state index in [9.17, 15) is 8.42 Å². The number of aromatic nitrogens is 2. The third-order valence-electron chi connectivity index (χ3n) is 2.32. The van der Waals surface area contributed by atoms with Crippen molar-refractivity contribution in [3.05, 3.63) is 34.9 Å². The molecule has 0 fully saturated rings. The molecule has 6 nitrogen and oxygen atoms in total. The van der Waals surface area contributed by atoms with Gasteiger partial charge in [-0.15, -0.1) is 0 Å². The fraction of sp³-hybridized carbons (Fsp3) is 0.100. The van der Waals surface area contributed by atoms with Crippen molar-refractivity contribution in [2.75, 3.05) is 10.5 Å². The Labute approximate surface area is 113 Å². The molecule has 0 unspecified atom stereocenters. The van der Waals surface area contributed by atoms with E-state index in [0.29, 0.717) is 0 Å². The molecule has 1 aromatic heterocycles. The second-order valence-corrected chi connectivity index (χ2v) is 6.23. The molecule has 8 heteroatoms. The van der Waals surface area contributed by atoms with Gasteiger partial charge in [0.05, 0.1) is 16.8 Å². The van der Waals surface area contributed by atoms with E-state index in [1.54, 1.807) is 19.2 Å². The van der Waals surface area contributed by atoms with Gasteiger partial charge in [-0.1, -0.05) is 15.9 Å². The van der Waals surface area contributed by atoms with Gasteiger partial charge in [-0.3, -0.25) is 9.40 Å². The van der Waals surface area contributed by atoms with Crippen molar-refractivity contribution in [1.82, 2.24) is 9.78 Å². The minimum Gasteiger partial charge on any atom is -0.394 e.